The van der Waals surface area contributed by atoms with Crippen LogP contribution in [0.1, 0.15) is 12.8 Å². The van der Waals surface area contributed by atoms with E-state index in [1.165, 1.54) is 24.6 Å². The lowest BCUT2D eigenvalue weighted by Crippen LogP contribution is -2.41. The highest BCUT2D eigenvalue weighted by Gasteiger charge is 2.21. The maximum Gasteiger partial charge on any atom is 0.334 e. The van der Waals surface area contributed by atoms with E-state index in [0.717, 1.165) is 6.04 Å². The molecule has 1 aromatic carbocycles. The third-order valence-corrected chi connectivity index (χ3v) is 8.15. The minimum absolute atomic E-state index is 0.0385. The highest BCUT2D eigenvalue weighted by atomic mass is 35.5. The van der Waals surface area contributed by atoms with Crippen LogP contribution in [0.4, 0.5) is 4.39 Å². The average molecular weight is 575 g/mol. The Hall–Kier alpha value is -3.42. The van der Waals surface area contributed by atoms with Gasteiger partial charge in [0.1, 0.15) is 12.5 Å². The van der Waals surface area contributed by atoms with Gasteiger partial charge in [0.15, 0.2) is 11.2 Å². The van der Waals surface area contributed by atoms with Gasteiger partial charge in [-0.05, 0) is 47.8 Å². The first-order valence-electron chi connectivity index (χ1n) is 12.7. The molecule has 3 aromatic heterocycles. The van der Waals surface area contributed by atoms with Crippen molar-refractivity contribution in [3.63, 3.8) is 0 Å². The standard InChI is InChI=1S/C25H32ClFN8O3Si/c1-5-12-32-20-22(28-24(32)26)34(17-38-15-16-39(2,3)4)25(37)33(23(20)36)13-8-9-14-35-30-21(29-31-35)18-10-6-7-11-19(18)27/h5-7,10-11H,1,8-9,12-17H2,2-4H3. The molecule has 14 heteroatoms. The quantitative estimate of drug-likeness (QED) is 0.103. The summed E-state index contributed by atoms with van der Waals surface area (Å²) in [4.78, 5) is 32.5. The van der Waals surface area contributed by atoms with Gasteiger partial charge < -0.3 is 9.30 Å². The first kappa shape index (κ1) is 28.6. The molecule has 4 aromatic rings. The number of hydrogen-bond acceptors (Lipinski definition) is 7. The summed E-state index contributed by atoms with van der Waals surface area (Å²) in [6.07, 6.45) is 2.64. The molecule has 3 heterocycles. The fraction of sp³-hybridized carbons (Fsp3) is 0.440. The second-order valence-corrected chi connectivity index (χ2v) is 16.3. The molecule has 0 unspecified atom stereocenters. The number of imidazole rings is 1. The first-order valence-corrected chi connectivity index (χ1v) is 16.8. The third kappa shape index (κ3) is 6.60. The van der Waals surface area contributed by atoms with Crippen LogP contribution >= 0.6 is 11.6 Å². The molecule has 0 amide bonds. The van der Waals surface area contributed by atoms with Crippen molar-refractivity contribution in [3.8, 4) is 11.4 Å². The van der Waals surface area contributed by atoms with E-state index in [4.69, 9.17) is 16.3 Å². The number of rotatable bonds is 13. The molecule has 0 radical (unpaired) electrons. The normalized spacial score (nSPS) is 11.9. The number of nitrogens with zero attached hydrogens (tertiary/aromatic N) is 8. The minimum Gasteiger partial charge on any atom is -0.361 e. The van der Waals surface area contributed by atoms with Gasteiger partial charge in [-0.3, -0.25) is 13.9 Å². The number of tetrazole rings is 1. The maximum absolute atomic E-state index is 14.0. The molecular formula is C25H32ClFN8O3Si. The summed E-state index contributed by atoms with van der Waals surface area (Å²) in [5.74, 6) is -0.234. The number of benzene rings is 1. The Morgan fingerprint density at radius 2 is 1.85 bits per heavy atom. The zero-order valence-corrected chi connectivity index (χ0v) is 24.1. The number of fused-ring (bicyclic) bond motifs is 1. The molecule has 0 N–H and O–H groups in total. The molecular weight excluding hydrogens is 543 g/mol. The zero-order valence-electron chi connectivity index (χ0n) is 22.3. The lowest BCUT2D eigenvalue weighted by molar-refractivity contribution is 0.0854. The first-order chi connectivity index (χ1) is 18.6. The maximum atomic E-state index is 14.0. The van der Waals surface area contributed by atoms with E-state index in [0.29, 0.717) is 26.0 Å². The number of aryl methyl sites for hydroxylation is 1. The second kappa shape index (κ2) is 12.2. The summed E-state index contributed by atoms with van der Waals surface area (Å²) in [5, 5.41) is 12.3. The van der Waals surface area contributed by atoms with E-state index < -0.39 is 25.1 Å². The second-order valence-electron chi connectivity index (χ2n) is 10.4. The Morgan fingerprint density at radius 3 is 2.56 bits per heavy atom. The van der Waals surface area contributed by atoms with Gasteiger partial charge in [0.25, 0.3) is 5.56 Å². The number of hydrogen-bond donors (Lipinski definition) is 0. The minimum atomic E-state index is -1.32. The summed E-state index contributed by atoms with van der Waals surface area (Å²) in [6.45, 7) is 11.7. The van der Waals surface area contributed by atoms with Crippen molar-refractivity contribution in [1.29, 1.82) is 0 Å². The smallest absolute Gasteiger partial charge is 0.334 e. The van der Waals surface area contributed by atoms with Gasteiger partial charge in [-0.15, -0.1) is 16.8 Å². The number of unbranched alkanes of at least 4 members (excludes halogenated alkanes) is 1. The fourth-order valence-electron chi connectivity index (χ4n) is 4.02. The molecule has 39 heavy (non-hydrogen) atoms. The number of halogens is 2. The molecule has 0 atom stereocenters. The monoisotopic (exact) mass is 574 g/mol. The molecule has 4 rings (SSSR count). The van der Waals surface area contributed by atoms with Crippen LogP contribution in [-0.2, 0) is 31.1 Å². The van der Waals surface area contributed by atoms with E-state index in [9.17, 15) is 14.0 Å². The van der Waals surface area contributed by atoms with Crippen LogP contribution in [0.5, 0.6) is 0 Å². The summed E-state index contributed by atoms with van der Waals surface area (Å²) in [7, 11) is -1.32. The van der Waals surface area contributed by atoms with Crippen LogP contribution in [0.25, 0.3) is 22.6 Å². The number of ether oxygens (including phenoxy) is 1. The van der Waals surface area contributed by atoms with E-state index >= 15 is 0 Å². The fourth-order valence-corrected chi connectivity index (χ4v) is 5.01. The Kier molecular flexibility index (Phi) is 8.93. The SMILES string of the molecule is C=CCn1c(Cl)nc2c1c(=O)n(CCCCn1nnc(-c3ccccc3F)n1)c(=O)n2COCC[Si](C)(C)C. The summed E-state index contributed by atoms with van der Waals surface area (Å²) < 4.78 is 23.9. The van der Waals surface area contributed by atoms with Gasteiger partial charge in [-0.25, -0.2) is 9.18 Å². The third-order valence-electron chi connectivity index (χ3n) is 6.15. The largest absolute Gasteiger partial charge is 0.361 e. The van der Waals surface area contributed by atoms with Gasteiger partial charge in [-0.2, -0.15) is 9.78 Å². The van der Waals surface area contributed by atoms with Gasteiger partial charge in [0, 0.05) is 27.8 Å². The van der Waals surface area contributed by atoms with Crippen LogP contribution in [-0.4, -0.2) is 53.6 Å². The average Bonchev–Trinajstić information content (AvgIpc) is 3.47. The van der Waals surface area contributed by atoms with E-state index in [2.05, 4.69) is 46.6 Å². The lowest BCUT2D eigenvalue weighted by atomic mass is 10.2. The number of allylic oxidation sites excluding steroid dienone is 1. The van der Waals surface area contributed by atoms with Crippen LogP contribution < -0.4 is 11.2 Å². The van der Waals surface area contributed by atoms with E-state index in [-0.39, 0.29) is 47.7 Å². The lowest BCUT2D eigenvalue weighted by Gasteiger charge is -2.16. The van der Waals surface area contributed by atoms with Gasteiger partial charge in [-0.1, -0.05) is 37.8 Å². The molecule has 0 aliphatic rings. The predicted molar refractivity (Wildman–Crippen MR) is 150 cm³/mol. The topological polar surface area (TPSA) is 115 Å². The van der Waals surface area contributed by atoms with Crippen molar-refractivity contribution in [2.75, 3.05) is 6.61 Å². The van der Waals surface area contributed by atoms with E-state index in [1.807, 2.05) is 0 Å². The van der Waals surface area contributed by atoms with Crippen molar-refractivity contribution in [2.45, 2.75) is 64.9 Å². The summed E-state index contributed by atoms with van der Waals surface area (Å²) in [6, 6.07) is 7.15. The van der Waals surface area contributed by atoms with Crippen LogP contribution in [0.3, 0.4) is 0 Å². The predicted octanol–water partition coefficient (Wildman–Crippen LogP) is 3.78. The molecule has 208 valence electrons. The molecule has 0 aliphatic heterocycles. The van der Waals surface area contributed by atoms with Gasteiger partial charge in [0.2, 0.25) is 11.1 Å². The molecule has 11 nitrogen and oxygen atoms in total. The van der Waals surface area contributed by atoms with Gasteiger partial charge >= 0.3 is 5.69 Å². The Balaban J connectivity index is 1.52. The molecule has 0 aliphatic carbocycles. The summed E-state index contributed by atoms with van der Waals surface area (Å²) >= 11 is 6.33. The highest BCUT2D eigenvalue weighted by molar-refractivity contribution is 6.76. The van der Waals surface area contributed by atoms with Crippen LogP contribution in [0.15, 0.2) is 46.5 Å². The highest BCUT2D eigenvalue weighted by Crippen LogP contribution is 2.18. The Bertz CT molecular complexity index is 1590. The van der Waals surface area contributed by atoms with Crippen LogP contribution in [0.2, 0.25) is 31.0 Å². The molecule has 0 fully saturated rings. The Morgan fingerprint density at radius 1 is 1.10 bits per heavy atom. The van der Waals surface area contributed by atoms with Crippen molar-refractivity contribution in [3.05, 3.63) is 68.9 Å². The van der Waals surface area contributed by atoms with Crippen molar-refractivity contribution in [2.24, 2.45) is 0 Å². The molecule has 0 spiro atoms. The summed E-state index contributed by atoms with van der Waals surface area (Å²) in [5.41, 5.74) is -0.308. The van der Waals surface area contributed by atoms with Gasteiger partial charge in [0.05, 0.1) is 12.1 Å². The Labute approximate surface area is 230 Å². The van der Waals surface area contributed by atoms with Crippen LogP contribution in [0, 0.1) is 5.82 Å². The molecule has 0 bridgehead atoms. The zero-order chi connectivity index (χ0) is 28.2. The molecule has 0 saturated heterocycles. The van der Waals surface area contributed by atoms with Crippen molar-refractivity contribution in [1.82, 2.24) is 38.9 Å². The van der Waals surface area contributed by atoms with E-state index in [1.54, 1.807) is 24.3 Å². The molecule has 0 saturated carbocycles. The number of aromatic nitrogens is 8. The van der Waals surface area contributed by atoms with Crippen molar-refractivity contribution >= 4 is 30.8 Å². The van der Waals surface area contributed by atoms with Crippen molar-refractivity contribution < 1.29 is 9.13 Å².